The molecule has 1 saturated heterocycles. The van der Waals surface area contributed by atoms with Gasteiger partial charge in [-0.2, -0.15) is 0 Å². The van der Waals surface area contributed by atoms with Gasteiger partial charge in [-0.15, -0.1) is 0 Å². The summed E-state index contributed by atoms with van der Waals surface area (Å²) in [5.74, 6) is -0.901. The van der Waals surface area contributed by atoms with Crippen LogP contribution in [-0.2, 0) is 0 Å². The van der Waals surface area contributed by atoms with Gasteiger partial charge < -0.3 is 10.6 Å². The van der Waals surface area contributed by atoms with Crippen LogP contribution in [0.25, 0.3) is 0 Å². The number of halogens is 2. The SMILES string of the molecule is NC1CN(C(=O)c2cc(Cl)ccc2F)C1. The van der Waals surface area contributed by atoms with Crippen LogP contribution in [0.5, 0.6) is 0 Å². The minimum absolute atomic E-state index is 0.00870. The zero-order valence-electron chi connectivity index (χ0n) is 7.91. The average molecular weight is 229 g/mol. The molecule has 3 nitrogen and oxygen atoms in total. The fourth-order valence-corrected chi connectivity index (χ4v) is 1.68. The van der Waals surface area contributed by atoms with Gasteiger partial charge in [0.2, 0.25) is 0 Å². The summed E-state index contributed by atoms with van der Waals surface area (Å²) in [7, 11) is 0. The lowest BCUT2D eigenvalue weighted by Crippen LogP contribution is -2.57. The highest BCUT2D eigenvalue weighted by Crippen LogP contribution is 2.18. The van der Waals surface area contributed by atoms with E-state index >= 15 is 0 Å². The van der Waals surface area contributed by atoms with Crippen molar-refractivity contribution in [2.24, 2.45) is 5.73 Å². The molecule has 1 aromatic rings. The summed E-state index contributed by atoms with van der Waals surface area (Å²) in [4.78, 5) is 13.2. The van der Waals surface area contributed by atoms with E-state index < -0.39 is 5.82 Å². The van der Waals surface area contributed by atoms with Gasteiger partial charge in [-0.05, 0) is 18.2 Å². The summed E-state index contributed by atoms with van der Waals surface area (Å²) in [6, 6.07) is 3.95. The van der Waals surface area contributed by atoms with E-state index in [2.05, 4.69) is 0 Å². The summed E-state index contributed by atoms with van der Waals surface area (Å²) < 4.78 is 13.3. The van der Waals surface area contributed by atoms with Crippen molar-refractivity contribution >= 4 is 17.5 Å². The monoisotopic (exact) mass is 228 g/mol. The van der Waals surface area contributed by atoms with Crippen molar-refractivity contribution in [2.75, 3.05) is 13.1 Å². The van der Waals surface area contributed by atoms with Crippen molar-refractivity contribution in [3.05, 3.63) is 34.6 Å². The number of carbonyl (C=O) groups excluding carboxylic acids is 1. The normalized spacial score (nSPS) is 16.3. The van der Waals surface area contributed by atoms with Crippen LogP contribution < -0.4 is 5.73 Å². The van der Waals surface area contributed by atoms with Gasteiger partial charge >= 0.3 is 0 Å². The van der Waals surface area contributed by atoms with Gasteiger partial charge in [-0.1, -0.05) is 11.6 Å². The molecule has 2 N–H and O–H groups in total. The number of hydrogen-bond acceptors (Lipinski definition) is 2. The summed E-state index contributed by atoms with van der Waals surface area (Å²) in [5, 5.41) is 0.351. The third kappa shape index (κ3) is 1.96. The Kier molecular flexibility index (Phi) is 2.63. The fourth-order valence-electron chi connectivity index (χ4n) is 1.51. The lowest BCUT2D eigenvalue weighted by Gasteiger charge is -2.36. The Morgan fingerprint density at radius 3 is 2.80 bits per heavy atom. The molecule has 0 saturated carbocycles. The number of nitrogens with zero attached hydrogens (tertiary/aromatic N) is 1. The maximum Gasteiger partial charge on any atom is 0.256 e. The summed E-state index contributed by atoms with van der Waals surface area (Å²) >= 11 is 5.69. The van der Waals surface area contributed by atoms with Crippen LogP contribution in [0.15, 0.2) is 18.2 Å². The lowest BCUT2D eigenvalue weighted by molar-refractivity contribution is 0.0603. The van der Waals surface area contributed by atoms with Crippen LogP contribution in [0.2, 0.25) is 5.02 Å². The van der Waals surface area contributed by atoms with E-state index in [0.717, 1.165) is 0 Å². The highest BCUT2D eigenvalue weighted by Gasteiger charge is 2.29. The highest BCUT2D eigenvalue weighted by molar-refractivity contribution is 6.31. The molecule has 0 aromatic heterocycles. The lowest BCUT2D eigenvalue weighted by atomic mass is 10.1. The maximum absolute atomic E-state index is 13.3. The molecule has 1 aliphatic heterocycles. The van der Waals surface area contributed by atoms with Gasteiger partial charge in [0.15, 0.2) is 0 Å². The van der Waals surface area contributed by atoms with Crippen LogP contribution in [-0.4, -0.2) is 29.9 Å². The van der Waals surface area contributed by atoms with E-state index in [-0.39, 0.29) is 17.5 Å². The number of nitrogens with two attached hydrogens (primary N) is 1. The maximum atomic E-state index is 13.3. The molecular weight excluding hydrogens is 219 g/mol. The number of rotatable bonds is 1. The Labute approximate surface area is 91.6 Å². The molecule has 1 aromatic carbocycles. The molecule has 1 heterocycles. The molecule has 0 unspecified atom stereocenters. The Morgan fingerprint density at radius 1 is 1.53 bits per heavy atom. The number of likely N-dealkylation sites (tertiary alicyclic amines) is 1. The molecule has 0 aliphatic carbocycles. The summed E-state index contributed by atoms with van der Waals surface area (Å²) in [5.41, 5.74) is 5.55. The predicted molar refractivity (Wildman–Crippen MR) is 55.3 cm³/mol. The van der Waals surface area contributed by atoms with Gasteiger partial charge in [0.05, 0.1) is 5.56 Å². The van der Waals surface area contributed by atoms with E-state index in [1.807, 2.05) is 0 Å². The summed E-state index contributed by atoms with van der Waals surface area (Å²) in [6.45, 7) is 0.954. The molecule has 0 spiro atoms. The third-order valence-corrected chi connectivity index (χ3v) is 2.59. The number of benzene rings is 1. The fraction of sp³-hybridized carbons (Fsp3) is 0.300. The van der Waals surface area contributed by atoms with E-state index in [4.69, 9.17) is 17.3 Å². The number of amides is 1. The Morgan fingerprint density at radius 2 is 2.20 bits per heavy atom. The van der Waals surface area contributed by atoms with Crippen LogP contribution in [0.4, 0.5) is 4.39 Å². The minimum atomic E-state index is -0.551. The van der Waals surface area contributed by atoms with Gasteiger partial charge in [0.25, 0.3) is 5.91 Å². The van der Waals surface area contributed by atoms with Crippen LogP contribution in [0, 0.1) is 5.82 Å². The quantitative estimate of drug-likeness (QED) is 0.787. The summed E-state index contributed by atoms with van der Waals surface area (Å²) in [6.07, 6.45) is 0. The second-order valence-corrected chi connectivity index (χ2v) is 4.03. The molecule has 0 atom stereocenters. The molecule has 80 valence electrons. The molecule has 0 radical (unpaired) electrons. The second-order valence-electron chi connectivity index (χ2n) is 3.59. The first-order valence-electron chi connectivity index (χ1n) is 4.58. The van der Waals surface area contributed by atoms with Crippen LogP contribution in [0.1, 0.15) is 10.4 Å². The minimum Gasteiger partial charge on any atom is -0.335 e. The Hall–Kier alpha value is -1.13. The molecular formula is C10H10ClFN2O. The smallest absolute Gasteiger partial charge is 0.256 e. The first-order chi connectivity index (χ1) is 7.08. The first-order valence-corrected chi connectivity index (χ1v) is 4.95. The molecule has 1 aliphatic rings. The largest absolute Gasteiger partial charge is 0.335 e. The van der Waals surface area contributed by atoms with Gasteiger partial charge in [0, 0.05) is 24.2 Å². The Bertz CT molecular complexity index is 404. The second kappa shape index (κ2) is 3.79. The topological polar surface area (TPSA) is 46.3 Å². The van der Waals surface area contributed by atoms with Crippen LogP contribution in [0.3, 0.4) is 0 Å². The van der Waals surface area contributed by atoms with Crippen LogP contribution >= 0.6 is 11.6 Å². The van der Waals surface area contributed by atoms with E-state index in [1.165, 1.54) is 23.1 Å². The van der Waals surface area contributed by atoms with Crippen molar-refractivity contribution in [1.82, 2.24) is 4.90 Å². The molecule has 5 heteroatoms. The molecule has 1 amide bonds. The van der Waals surface area contributed by atoms with Crippen molar-refractivity contribution in [1.29, 1.82) is 0 Å². The first kappa shape index (κ1) is 10.4. The molecule has 15 heavy (non-hydrogen) atoms. The molecule has 2 rings (SSSR count). The number of hydrogen-bond donors (Lipinski definition) is 1. The van der Waals surface area contributed by atoms with Crippen molar-refractivity contribution in [3.8, 4) is 0 Å². The van der Waals surface area contributed by atoms with Gasteiger partial charge in [-0.25, -0.2) is 4.39 Å². The zero-order chi connectivity index (χ0) is 11.0. The predicted octanol–water partition coefficient (Wildman–Crippen LogP) is 1.26. The zero-order valence-corrected chi connectivity index (χ0v) is 8.67. The van der Waals surface area contributed by atoms with E-state index in [9.17, 15) is 9.18 Å². The van der Waals surface area contributed by atoms with Gasteiger partial charge in [-0.3, -0.25) is 4.79 Å². The molecule has 0 bridgehead atoms. The van der Waals surface area contributed by atoms with Gasteiger partial charge in [0.1, 0.15) is 5.82 Å². The average Bonchev–Trinajstić information content (AvgIpc) is 2.16. The Balaban J connectivity index is 2.22. The van der Waals surface area contributed by atoms with E-state index in [0.29, 0.717) is 18.1 Å². The van der Waals surface area contributed by atoms with Crippen molar-refractivity contribution in [3.63, 3.8) is 0 Å². The van der Waals surface area contributed by atoms with E-state index in [1.54, 1.807) is 0 Å². The number of carbonyl (C=O) groups is 1. The van der Waals surface area contributed by atoms with Crippen molar-refractivity contribution < 1.29 is 9.18 Å². The standard InChI is InChI=1S/C10H10ClFN2O/c11-6-1-2-9(12)8(3-6)10(15)14-4-7(13)5-14/h1-3,7H,4-5,13H2. The van der Waals surface area contributed by atoms with Crippen molar-refractivity contribution in [2.45, 2.75) is 6.04 Å². The molecule has 1 fully saturated rings. The third-order valence-electron chi connectivity index (χ3n) is 2.36. The highest BCUT2D eigenvalue weighted by atomic mass is 35.5.